The van der Waals surface area contributed by atoms with Crippen LogP contribution in [0.2, 0.25) is 0 Å². The molecule has 0 spiro atoms. The minimum atomic E-state index is -0.866. The number of carbonyl (C=O) groups is 2. The van der Waals surface area contributed by atoms with Crippen molar-refractivity contribution in [2.75, 3.05) is 25.5 Å². The maximum absolute atomic E-state index is 12.2. The molecular weight excluding hydrogens is 362 g/mol. The molecule has 2 aliphatic rings. The largest absolute Gasteiger partial charge is 0.480 e. The minimum absolute atomic E-state index is 0.00458. The highest BCUT2D eigenvalue weighted by molar-refractivity contribution is 5.84. The van der Waals surface area contributed by atoms with Gasteiger partial charge >= 0.3 is 5.97 Å². The normalized spacial score (nSPS) is 21.0. The van der Waals surface area contributed by atoms with Crippen LogP contribution in [0.25, 0.3) is 0 Å². The number of hydrogen-bond donors (Lipinski definition) is 2. The number of ether oxygens (including phenoxy) is 1. The molecular formula is C20H33N3O5. The fourth-order valence-corrected chi connectivity index (χ4v) is 3.44. The summed E-state index contributed by atoms with van der Waals surface area (Å²) in [6.07, 6.45) is 4.72. The van der Waals surface area contributed by atoms with Crippen molar-refractivity contribution in [3.63, 3.8) is 0 Å². The van der Waals surface area contributed by atoms with Gasteiger partial charge in [0.25, 0.3) is 0 Å². The van der Waals surface area contributed by atoms with Gasteiger partial charge in [-0.1, -0.05) is 25.9 Å². The van der Waals surface area contributed by atoms with Crippen LogP contribution in [0.1, 0.15) is 65.1 Å². The van der Waals surface area contributed by atoms with Gasteiger partial charge in [-0.2, -0.15) is 0 Å². The first-order valence-electron chi connectivity index (χ1n) is 10.0. The van der Waals surface area contributed by atoms with E-state index in [1.165, 1.54) is 0 Å². The second kappa shape index (κ2) is 9.91. The minimum Gasteiger partial charge on any atom is -0.480 e. The van der Waals surface area contributed by atoms with Crippen LogP contribution >= 0.6 is 0 Å². The molecule has 0 bridgehead atoms. The average Bonchev–Trinajstić information content (AvgIpc) is 3.10. The summed E-state index contributed by atoms with van der Waals surface area (Å²) in [5, 5.41) is 12.7. The van der Waals surface area contributed by atoms with E-state index < -0.39 is 12.0 Å². The molecule has 8 heteroatoms. The summed E-state index contributed by atoms with van der Waals surface area (Å²) in [6.45, 7) is 8.19. The van der Waals surface area contributed by atoms with Crippen molar-refractivity contribution in [1.82, 2.24) is 10.1 Å². The fraction of sp³-hybridized carbons (Fsp3) is 0.750. The number of carbonyl (C=O) groups excluding carboxylic acids is 1. The van der Waals surface area contributed by atoms with Crippen molar-refractivity contribution < 1.29 is 24.0 Å². The van der Waals surface area contributed by atoms with E-state index in [0.29, 0.717) is 31.1 Å². The first-order valence-corrected chi connectivity index (χ1v) is 10.0. The van der Waals surface area contributed by atoms with E-state index in [9.17, 15) is 9.59 Å². The quantitative estimate of drug-likeness (QED) is 0.807. The van der Waals surface area contributed by atoms with E-state index in [1.807, 2.05) is 20.8 Å². The number of nitrogen functional groups attached to an aromatic ring is 1. The first kappa shape index (κ1) is 22.2. The summed E-state index contributed by atoms with van der Waals surface area (Å²) in [5.41, 5.74) is 5.38. The number of carboxylic acid groups (broad SMARTS) is 1. The third-order valence-electron chi connectivity index (χ3n) is 5.18. The molecule has 1 aromatic heterocycles. The zero-order valence-electron chi connectivity index (χ0n) is 17.1. The summed E-state index contributed by atoms with van der Waals surface area (Å²) in [4.78, 5) is 24.9. The standard InChI is InChI=1S/C13H21NO4.C7H12N2O/c15-12(9-10-4-7-18-8-5-10)14-6-2-1-3-11(14)13(16)17;1-7(2,3)5-4-6(8)9-10-5/h10-11H,1-9H2,(H,16,17);4H,1-3H3,(H2,8,9)/t11-;/m0./s1. The SMILES string of the molecule is CC(C)(C)c1cc(N)no1.O=C(O)[C@@H]1CCCCN1C(=O)CC1CCOCC1. The number of likely N-dealkylation sites (tertiary alicyclic amines) is 1. The Balaban J connectivity index is 0.000000237. The summed E-state index contributed by atoms with van der Waals surface area (Å²) < 4.78 is 10.2. The number of anilines is 1. The molecule has 3 N–H and O–H groups in total. The molecule has 2 aliphatic heterocycles. The molecule has 158 valence electrons. The zero-order valence-corrected chi connectivity index (χ0v) is 17.1. The van der Waals surface area contributed by atoms with Crippen molar-refractivity contribution in [1.29, 1.82) is 0 Å². The van der Waals surface area contributed by atoms with Crippen LogP contribution < -0.4 is 5.73 Å². The summed E-state index contributed by atoms with van der Waals surface area (Å²) >= 11 is 0. The Hall–Kier alpha value is -2.09. The molecule has 1 amide bonds. The van der Waals surface area contributed by atoms with Crippen molar-refractivity contribution in [2.45, 2.75) is 70.8 Å². The van der Waals surface area contributed by atoms with E-state index in [-0.39, 0.29) is 11.3 Å². The van der Waals surface area contributed by atoms with Crippen LogP contribution in [0.3, 0.4) is 0 Å². The lowest BCUT2D eigenvalue weighted by Crippen LogP contribution is -2.48. The number of amides is 1. The van der Waals surface area contributed by atoms with Crippen molar-refractivity contribution >= 4 is 17.7 Å². The monoisotopic (exact) mass is 395 g/mol. The van der Waals surface area contributed by atoms with Crippen molar-refractivity contribution in [3.8, 4) is 0 Å². The van der Waals surface area contributed by atoms with Gasteiger partial charge in [-0.3, -0.25) is 4.79 Å². The van der Waals surface area contributed by atoms with Gasteiger partial charge < -0.3 is 25.0 Å². The predicted octanol–water partition coefficient (Wildman–Crippen LogP) is 2.82. The van der Waals surface area contributed by atoms with E-state index in [4.69, 9.17) is 20.1 Å². The van der Waals surface area contributed by atoms with Gasteiger partial charge in [0.2, 0.25) is 5.91 Å². The molecule has 0 aliphatic carbocycles. The van der Waals surface area contributed by atoms with Crippen LogP contribution in [0, 0.1) is 5.92 Å². The highest BCUT2D eigenvalue weighted by atomic mass is 16.5. The number of nitrogens with two attached hydrogens (primary N) is 1. The Bertz CT molecular complexity index is 647. The summed E-state index contributed by atoms with van der Waals surface area (Å²) in [6, 6.07) is 1.14. The van der Waals surface area contributed by atoms with Gasteiger partial charge in [0.05, 0.1) is 0 Å². The Kier molecular flexibility index (Phi) is 7.86. The van der Waals surface area contributed by atoms with Gasteiger partial charge in [0, 0.05) is 37.7 Å². The lowest BCUT2D eigenvalue weighted by atomic mass is 9.93. The number of piperidine rings is 1. The van der Waals surface area contributed by atoms with E-state index >= 15 is 0 Å². The smallest absolute Gasteiger partial charge is 0.326 e. The van der Waals surface area contributed by atoms with Gasteiger partial charge in [0.1, 0.15) is 11.8 Å². The molecule has 3 heterocycles. The van der Waals surface area contributed by atoms with Crippen LogP contribution in [0.5, 0.6) is 0 Å². The second-order valence-corrected chi connectivity index (χ2v) is 8.56. The van der Waals surface area contributed by atoms with E-state index in [2.05, 4.69) is 5.16 Å². The summed E-state index contributed by atoms with van der Waals surface area (Å²) in [7, 11) is 0. The van der Waals surface area contributed by atoms with E-state index in [1.54, 1.807) is 11.0 Å². The van der Waals surface area contributed by atoms with Crippen molar-refractivity contribution in [2.24, 2.45) is 5.92 Å². The molecule has 1 atom stereocenters. The molecule has 3 rings (SSSR count). The molecule has 8 nitrogen and oxygen atoms in total. The number of nitrogens with zero attached hydrogens (tertiary/aromatic N) is 2. The van der Waals surface area contributed by atoms with Crippen LogP contribution in [-0.4, -0.2) is 52.8 Å². The van der Waals surface area contributed by atoms with Gasteiger partial charge in [-0.05, 0) is 38.0 Å². The number of aromatic nitrogens is 1. The highest BCUT2D eigenvalue weighted by Crippen LogP contribution is 2.24. The number of hydrogen-bond acceptors (Lipinski definition) is 6. The second-order valence-electron chi connectivity index (χ2n) is 8.56. The number of rotatable bonds is 3. The Labute approximate surface area is 166 Å². The highest BCUT2D eigenvalue weighted by Gasteiger charge is 2.32. The van der Waals surface area contributed by atoms with Crippen molar-refractivity contribution in [3.05, 3.63) is 11.8 Å². The lowest BCUT2D eigenvalue weighted by Gasteiger charge is -2.34. The zero-order chi connectivity index (χ0) is 20.7. The Morgan fingerprint density at radius 3 is 2.43 bits per heavy atom. The Morgan fingerprint density at radius 2 is 1.93 bits per heavy atom. The maximum atomic E-state index is 12.2. The van der Waals surface area contributed by atoms with Crippen LogP contribution in [-0.2, 0) is 19.7 Å². The van der Waals surface area contributed by atoms with Crippen LogP contribution in [0.15, 0.2) is 10.6 Å². The third kappa shape index (κ3) is 6.51. The molecule has 0 saturated carbocycles. The Morgan fingerprint density at radius 1 is 1.25 bits per heavy atom. The number of carboxylic acids is 1. The maximum Gasteiger partial charge on any atom is 0.326 e. The topological polar surface area (TPSA) is 119 Å². The lowest BCUT2D eigenvalue weighted by molar-refractivity contribution is -0.152. The average molecular weight is 396 g/mol. The molecule has 28 heavy (non-hydrogen) atoms. The number of aliphatic carboxylic acids is 1. The fourth-order valence-electron chi connectivity index (χ4n) is 3.44. The summed E-state index contributed by atoms with van der Waals surface area (Å²) in [5.74, 6) is 0.779. The molecule has 0 radical (unpaired) electrons. The first-order chi connectivity index (χ1) is 13.2. The third-order valence-corrected chi connectivity index (χ3v) is 5.18. The molecule has 2 saturated heterocycles. The molecule has 0 aromatic carbocycles. The predicted molar refractivity (Wildman–Crippen MR) is 105 cm³/mol. The van der Waals surface area contributed by atoms with E-state index in [0.717, 1.165) is 44.7 Å². The molecule has 0 unspecified atom stereocenters. The van der Waals surface area contributed by atoms with Gasteiger partial charge in [-0.25, -0.2) is 4.79 Å². The van der Waals surface area contributed by atoms with Gasteiger partial charge in [-0.15, -0.1) is 0 Å². The molecule has 2 fully saturated rings. The van der Waals surface area contributed by atoms with Gasteiger partial charge in [0.15, 0.2) is 5.82 Å². The molecule has 1 aromatic rings. The van der Waals surface area contributed by atoms with Crippen LogP contribution in [0.4, 0.5) is 5.82 Å².